The molecule has 0 aliphatic carbocycles. The summed E-state index contributed by atoms with van der Waals surface area (Å²) in [5.41, 5.74) is 2.53. The molecular formula is C16H24N6. The average Bonchev–Trinajstić information content (AvgIpc) is 2.83. The Hall–Kier alpha value is -2.37. The van der Waals surface area contributed by atoms with E-state index in [0.29, 0.717) is 6.54 Å². The van der Waals surface area contributed by atoms with E-state index in [1.165, 1.54) is 11.1 Å². The molecule has 1 atom stereocenters. The van der Waals surface area contributed by atoms with Crippen molar-refractivity contribution in [2.24, 2.45) is 12.0 Å². The molecule has 0 aliphatic heterocycles. The van der Waals surface area contributed by atoms with Crippen LogP contribution in [-0.4, -0.2) is 27.8 Å². The van der Waals surface area contributed by atoms with Crippen LogP contribution in [0.4, 0.5) is 0 Å². The number of aliphatic imine (C=N–C) groups is 1. The van der Waals surface area contributed by atoms with Gasteiger partial charge in [-0.3, -0.25) is 4.99 Å². The molecule has 0 amide bonds. The minimum absolute atomic E-state index is 0.175. The molecule has 1 unspecified atom stereocenters. The maximum atomic E-state index is 4.27. The summed E-state index contributed by atoms with van der Waals surface area (Å²) in [5.74, 6) is 2.52. The summed E-state index contributed by atoms with van der Waals surface area (Å²) in [6.45, 7) is 6.76. The predicted molar refractivity (Wildman–Crippen MR) is 88.7 cm³/mol. The second kappa shape index (κ2) is 7.06. The van der Waals surface area contributed by atoms with Crippen molar-refractivity contribution in [2.75, 3.05) is 7.05 Å². The fraction of sp³-hybridized carbons (Fsp3) is 0.438. The number of hydrogen-bond donors (Lipinski definition) is 2. The number of rotatable bonds is 4. The van der Waals surface area contributed by atoms with Crippen molar-refractivity contribution in [2.45, 2.75) is 33.4 Å². The van der Waals surface area contributed by atoms with Gasteiger partial charge in [-0.15, -0.1) is 10.2 Å². The maximum absolute atomic E-state index is 4.27. The predicted octanol–water partition coefficient (Wildman–Crippen LogP) is 1.86. The first-order valence-corrected chi connectivity index (χ1v) is 7.40. The van der Waals surface area contributed by atoms with Crippen LogP contribution in [0.3, 0.4) is 0 Å². The summed E-state index contributed by atoms with van der Waals surface area (Å²) in [6.07, 6.45) is 0. The van der Waals surface area contributed by atoms with Crippen LogP contribution in [-0.2, 0) is 13.6 Å². The lowest BCUT2D eigenvalue weighted by Gasteiger charge is -2.19. The van der Waals surface area contributed by atoms with Gasteiger partial charge in [0.1, 0.15) is 5.82 Å². The number of nitrogens with one attached hydrogen (secondary N) is 2. The van der Waals surface area contributed by atoms with Gasteiger partial charge in [0.05, 0.1) is 12.6 Å². The Morgan fingerprint density at radius 2 is 2.00 bits per heavy atom. The molecule has 22 heavy (non-hydrogen) atoms. The summed E-state index contributed by atoms with van der Waals surface area (Å²) < 4.78 is 1.96. The first kappa shape index (κ1) is 16.0. The van der Waals surface area contributed by atoms with Crippen LogP contribution in [0.1, 0.15) is 35.7 Å². The van der Waals surface area contributed by atoms with Crippen molar-refractivity contribution in [1.29, 1.82) is 0 Å². The fourth-order valence-corrected chi connectivity index (χ4v) is 2.32. The molecule has 0 spiro atoms. The molecule has 0 saturated heterocycles. The lowest BCUT2D eigenvalue weighted by atomic mass is 10.0. The Morgan fingerprint density at radius 3 is 2.59 bits per heavy atom. The van der Waals surface area contributed by atoms with Crippen molar-refractivity contribution >= 4 is 5.96 Å². The van der Waals surface area contributed by atoms with E-state index in [2.05, 4.69) is 63.9 Å². The van der Waals surface area contributed by atoms with Crippen molar-refractivity contribution in [1.82, 2.24) is 25.4 Å². The second-order valence-corrected chi connectivity index (χ2v) is 5.37. The first-order valence-electron chi connectivity index (χ1n) is 7.40. The highest BCUT2D eigenvalue weighted by atomic mass is 15.3. The van der Waals surface area contributed by atoms with Gasteiger partial charge in [-0.1, -0.05) is 24.3 Å². The van der Waals surface area contributed by atoms with Crippen LogP contribution in [0.25, 0.3) is 0 Å². The molecule has 2 N–H and O–H groups in total. The molecule has 1 heterocycles. The lowest BCUT2D eigenvalue weighted by molar-refractivity contribution is 0.665. The molecule has 1 aromatic carbocycles. The lowest BCUT2D eigenvalue weighted by Crippen LogP contribution is -2.38. The van der Waals surface area contributed by atoms with E-state index in [4.69, 9.17) is 0 Å². The second-order valence-electron chi connectivity index (χ2n) is 5.37. The third-order valence-corrected chi connectivity index (χ3v) is 3.83. The molecule has 2 aromatic rings. The summed E-state index contributed by atoms with van der Waals surface area (Å²) in [4.78, 5) is 4.27. The molecule has 0 saturated carbocycles. The normalized spacial score (nSPS) is 13.0. The van der Waals surface area contributed by atoms with Crippen LogP contribution < -0.4 is 10.6 Å². The fourth-order valence-electron chi connectivity index (χ4n) is 2.32. The van der Waals surface area contributed by atoms with Gasteiger partial charge in [-0.25, -0.2) is 0 Å². The van der Waals surface area contributed by atoms with Crippen LogP contribution in [0.5, 0.6) is 0 Å². The van der Waals surface area contributed by atoms with E-state index in [-0.39, 0.29) is 6.04 Å². The van der Waals surface area contributed by atoms with Gasteiger partial charge in [0.2, 0.25) is 0 Å². The number of hydrogen-bond acceptors (Lipinski definition) is 3. The molecule has 6 heteroatoms. The van der Waals surface area contributed by atoms with Gasteiger partial charge in [-0.05, 0) is 31.9 Å². The van der Waals surface area contributed by atoms with Gasteiger partial charge in [0.15, 0.2) is 11.8 Å². The SMILES string of the molecule is CN=C(NCc1nnc(C)n1C)NC(C)c1ccccc1C. The molecule has 0 aliphatic rings. The third-order valence-electron chi connectivity index (χ3n) is 3.83. The monoisotopic (exact) mass is 300 g/mol. The van der Waals surface area contributed by atoms with Crippen LogP contribution in [0.15, 0.2) is 29.3 Å². The van der Waals surface area contributed by atoms with E-state index in [1.807, 2.05) is 18.5 Å². The Kier molecular flexibility index (Phi) is 5.14. The van der Waals surface area contributed by atoms with Gasteiger partial charge in [0.25, 0.3) is 0 Å². The summed E-state index contributed by atoms with van der Waals surface area (Å²) in [7, 11) is 3.72. The number of benzene rings is 1. The Bertz CT molecular complexity index is 658. The highest BCUT2D eigenvalue weighted by Gasteiger charge is 2.11. The van der Waals surface area contributed by atoms with Crippen LogP contribution in [0.2, 0.25) is 0 Å². The van der Waals surface area contributed by atoms with E-state index >= 15 is 0 Å². The molecular weight excluding hydrogens is 276 g/mol. The van der Waals surface area contributed by atoms with E-state index in [1.54, 1.807) is 7.05 Å². The van der Waals surface area contributed by atoms with Crippen LogP contribution >= 0.6 is 0 Å². The highest BCUT2D eigenvalue weighted by molar-refractivity contribution is 5.80. The molecule has 2 rings (SSSR count). The van der Waals surface area contributed by atoms with E-state index in [0.717, 1.165) is 17.6 Å². The summed E-state index contributed by atoms with van der Waals surface area (Å²) in [5, 5.41) is 14.9. The molecule has 6 nitrogen and oxygen atoms in total. The Labute approximate surface area is 131 Å². The standard InChI is InChI=1S/C16H24N6/c1-11-8-6-7-9-14(11)12(2)19-16(17-4)18-10-15-21-20-13(3)22(15)5/h6-9,12H,10H2,1-5H3,(H2,17,18,19). The first-order chi connectivity index (χ1) is 10.5. The van der Waals surface area contributed by atoms with Crippen molar-refractivity contribution in [3.8, 4) is 0 Å². The smallest absolute Gasteiger partial charge is 0.191 e. The van der Waals surface area contributed by atoms with Crippen molar-refractivity contribution in [3.05, 3.63) is 47.0 Å². The topological polar surface area (TPSA) is 67.1 Å². The molecule has 0 bridgehead atoms. The van der Waals surface area contributed by atoms with Gasteiger partial charge >= 0.3 is 0 Å². The number of aromatic nitrogens is 3. The maximum Gasteiger partial charge on any atom is 0.191 e. The molecule has 1 aromatic heterocycles. The largest absolute Gasteiger partial charge is 0.350 e. The number of nitrogens with zero attached hydrogens (tertiary/aromatic N) is 4. The zero-order valence-corrected chi connectivity index (χ0v) is 13.9. The van der Waals surface area contributed by atoms with Gasteiger partial charge in [0, 0.05) is 14.1 Å². The third kappa shape index (κ3) is 3.63. The van der Waals surface area contributed by atoms with E-state index < -0.39 is 0 Å². The zero-order valence-electron chi connectivity index (χ0n) is 13.9. The minimum atomic E-state index is 0.175. The summed E-state index contributed by atoms with van der Waals surface area (Å²) >= 11 is 0. The molecule has 0 fully saturated rings. The van der Waals surface area contributed by atoms with Gasteiger partial charge < -0.3 is 15.2 Å². The Morgan fingerprint density at radius 1 is 1.27 bits per heavy atom. The van der Waals surface area contributed by atoms with Crippen molar-refractivity contribution < 1.29 is 0 Å². The van der Waals surface area contributed by atoms with Gasteiger partial charge in [-0.2, -0.15) is 0 Å². The minimum Gasteiger partial charge on any atom is -0.350 e. The quantitative estimate of drug-likeness (QED) is 0.668. The zero-order chi connectivity index (χ0) is 16.1. The highest BCUT2D eigenvalue weighted by Crippen LogP contribution is 2.16. The molecule has 0 radical (unpaired) electrons. The number of aryl methyl sites for hydroxylation is 2. The number of guanidine groups is 1. The summed E-state index contributed by atoms with van der Waals surface area (Å²) in [6, 6.07) is 8.53. The molecule has 118 valence electrons. The average molecular weight is 300 g/mol. The van der Waals surface area contributed by atoms with E-state index in [9.17, 15) is 0 Å². The van der Waals surface area contributed by atoms with Crippen LogP contribution in [0, 0.1) is 13.8 Å². The van der Waals surface area contributed by atoms with Crippen molar-refractivity contribution in [3.63, 3.8) is 0 Å². The Balaban J connectivity index is 1.98.